The Hall–Kier alpha value is -4.26. The molecule has 0 aliphatic heterocycles. The van der Waals surface area contributed by atoms with E-state index in [1.807, 2.05) is 86.6 Å². The molecule has 178 valence electrons. The topological polar surface area (TPSA) is 105 Å². The molecule has 0 bridgehead atoms. The van der Waals surface area contributed by atoms with E-state index in [2.05, 4.69) is 15.5 Å². The van der Waals surface area contributed by atoms with Gasteiger partial charge in [-0.1, -0.05) is 72.8 Å². The Labute approximate surface area is 203 Å². The summed E-state index contributed by atoms with van der Waals surface area (Å²) in [6.07, 6.45) is -0.0335. The van der Waals surface area contributed by atoms with Gasteiger partial charge in [-0.25, -0.2) is 0 Å². The maximum Gasteiger partial charge on any atom is 0.303 e. The lowest BCUT2D eigenvalue weighted by molar-refractivity contribution is -0.137. The van der Waals surface area contributed by atoms with E-state index in [0.29, 0.717) is 11.5 Å². The van der Waals surface area contributed by atoms with E-state index in [1.165, 1.54) is 0 Å². The van der Waals surface area contributed by atoms with Gasteiger partial charge >= 0.3 is 5.97 Å². The molecule has 7 heteroatoms. The molecule has 0 aliphatic rings. The van der Waals surface area contributed by atoms with Crippen LogP contribution in [-0.2, 0) is 10.2 Å². The van der Waals surface area contributed by atoms with E-state index in [4.69, 9.17) is 4.42 Å². The standard InChI is InChI=1S/C28H27N3O4/c1-28(2,22-11-7-4-8-12-22)27-31-30-26(35-27)23(17-18-24(32)33)29-25(34)21-15-13-20(14-16-21)19-9-5-3-6-10-19/h3-16,23H,17-18H2,1-2H3,(H,29,34)(H,32,33)/t23-/m0/s1. The summed E-state index contributed by atoms with van der Waals surface area (Å²) in [5.74, 6) is -0.747. The number of carboxylic acid groups (broad SMARTS) is 1. The summed E-state index contributed by atoms with van der Waals surface area (Å²) >= 11 is 0. The molecule has 0 spiro atoms. The maximum absolute atomic E-state index is 13.0. The van der Waals surface area contributed by atoms with Crippen LogP contribution in [0.15, 0.2) is 89.3 Å². The predicted molar refractivity (Wildman–Crippen MR) is 132 cm³/mol. The van der Waals surface area contributed by atoms with E-state index < -0.39 is 17.4 Å². The van der Waals surface area contributed by atoms with Gasteiger partial charge in [0.2, 0.25) is 11.8 Å². The van der Waals surface area contributed by atoms with Crippen LogP contribution in [0, 0.1) is 0 Å². The molecule has 0 saturated carbocycles. The number of carbonyl (C=O) groups excluding carboxylic acids is 1. The Morgan fingerprint density at radius 1 is 0.886 bits per heavy atom. The number of amides is 1. The Morgan fingerprint density at radius 2 is 1.49 bits per heavy atom. The van der Waals surface area contributed by atoms with Crippen LogP contribution in [0.1, 0.15) is 60.4 Å². The van der Waals surface area contributed by atoms with Crippen LogP contribution >= 0.6 is 0 Å². The van der Waals surface area contributed by atoms with E-state index in [9.17, 15) is 14.7 Å². The molecule has 2 N–H and O–H groups in total. The van der Waals surface area contributed by atoms with Crippen molar-refractivity contribution in [2.45, 2.75) is 38.1 Å². The highest BCUT2D eigenvalue weighted by Gasteiger charge is 2.31. The fourth-order valence-electron chi connectivity index (χ4n) is 3.82. The van der Waals surface area contributed by atoms with Crippen LogP contribution in [-0.4, -0.2) is 27.2 Å². The minimum Gasteiger partial charge on any atom is -0.481 e. The van der Waals surface area contributed by atoms with Gasteiger partial charge in [0.15, 0.2) is 0 Å². The number of benzene rings is 3. The van der Waals surface area contributed by atoms with Gasteiger partial charge in [0.05, 0.1) is 5.41 Å². The molecule has 3 aromatic carbocycles. The third kappa shape index (κ3) is 5.63. The van der Waals surface area contributed by atoms with Crippen molar-refractivity contribution in [1.29, 1.82) is 0 Å². The second-order valence-corrected chi connectivity index (χ2v) is 8.84. The third-order valence-corrected chi connectivity index (χ3v) is 5.98. The fraction of sp³-hybridized carbons (Fsp3) is 0.214. The number of hydrogen-bond donors (Lipinski definition) is 2. The Balaban J connectivity index is 1.54. The van der Waals surface area contributed by atoms with Crippen molar-refractivity contribution in [1.82, 2.24) is 15.5 Å². The first kappa shape index (κ1) is 23.9. The number of nitrogens with zero attached hydrogens (tertiary/aromatic N) is 2. The summed E-state index contributed by atoms with van der Waals surface area (Å²) in [6.45, 7) is 3.94. The molecule has 0 unspecified atom stereocenters. The maximum atomic E-state index is 13.0. The first-order valence-electron chi connectivity index (χ1n) is 11.4. The average Bonchev–Trinajstić information content (AvgIpc) is 3.39. The molecule has 1 amide bonds. The predicted octanol–water partition coefficient (Wildman–Crippen LogP) is 5.40. The molecule has 0 aliphatic carbocycles. The zero-order valence-electron chi connectivity index (χ0n) is 19.6. The lowest BCUT2D eigenvalue weighted by atomic mass is 9.85. The van der Waals surface area contributed by atoms with Crippen molar-refractivity contribution in [3.05, 3.63) is 108 Å². The first-order valence-corrected chi connectivity index (χ1v) is 11.4. The second kappa shape index (κ2) is 10.3. The van der Waals surface area contributed by atoms with Crippen LogP contribution in [0.25, 0.3) is 11.1 Å². The summed E-state index contributed by atoms with van der Waals surface area (Å²) in [6, 6.07) is 26.1. The Bertz CT molecular complexity index is 1280. The van der Waals surface area contributed by atoms with E-state index in [0.717, 1.165) is 16.7 Å². The number of carboxylic acids is 1. The largest absolute Gasteiger partial charge is 0.481 e. The van der Waals surface area contributed by atoms with Gasteiger partial charge in [0.1, 0.15) is 6.04 Å². The Morgan fingerprint density at radius 3 is 2.11 bits per heavy atom. The molecule has 4 aromatic rings. The molecule has 1 heterocycles. The lowest BCUT2D eigenvalue weighted by Crippen LogP contribution is -2.29. The number of carbonyl (C=O) groups is 2. The van der Waals surface area contributed by atoms with Crippen LogP contribution < -0.4 is 5.32 Å². The molecule has 0 saturated heterocycles. The summed E-state index contributed by atoms with van der Waals surface area (Å²) in [7, 11) is 0. The van der Waals surface area contributed by atoms with Crippen molar-refractivity contribution in [3.63, 3.8) is 0 Å². The molecule has 35 heavy (non-hydrogen) atoms. The highest BCUT2D eigenvalue weighted by atomic mass is 16.4. The van der Waals surface area contributed by atoms with Gasteiger partial charge in [-0.15, -0.1) is 10.2 Å². The van der Waals surface area contributed by atoms with Crippen LogP contribution in [0.4, 0.5) is 0 Å². The summed E-state index contributed by atoms with van der Waals surface area (Å²) < 4.78 is 5.98. The minimum absolute atomic E-state index is 0.122. The third-order valence-electron chi connectivity index (χ3n) is 5.98. The molecular weight excluding hydrogens is 442 g/mol. The zero-order valence-corrected chi connectivity index (χ0v) is 19.6. The number of aliphatic carboxylic acids is 1. The van der Waals surface area contributed by atoms with E-state index >= 15 is 0 Å². The smallest absolute Gasteiger partial charge is 0.303 e. The van der Waals surface area contributed by atoms with Crippen molar-refractivity contribution in [2.24, 2.45) is 0 Å². The first-order chi connectivity index (χ1) is 16.8. The van der Waals surface area contributed by atoms with Crippen molar-refractivity contribution < 1.29 is 19.1 Å². The summed E-state index contributed by atoms with van der Waals surface area (Å²) in [5, 5.41) is 20.5. The van der Waals surface area contributed by atoms with Gasteiger partial charge in [-0.3, -0.25) is 9.59 Å². The number of aromatic nitrogens is 2. The van der Waals surface area contributed by atoms with E-state index in [1.54, 1.807) is 12.1 Å². The van der Waals surface area contributed by atoms with Crippen LogP contribution in [0.3, 0.4) is 0 Å². The Kier molecular flexibility index (Phi) is 7.06. The molecule has 1 atom stereocenters. The van der Waals surface area contributed by atoms with Crippen molar-refractivity contribution in [3.8, 4) is 11.1 Å². The van der Waals surface area contributed by atoms with Gasteiger partial charge < -0.3 is 14.8 Å². The molecule has 1 aromatic heterocycles. The highest BCUT2D eigenvalue weighted by Crippen LogP contribution is 2.31. The molecule has 4 rings (SSSR count). The quantitative estimate of drug-likeness (QED) is 0.340. The molecule has 7 nitrogen and oxygen atoms in total. The SMILES string of the molecule is CC(C)(c1ccccc1)c1nnc([C@H](CCC(=O)O)NC(=O)c2ccc(-c3ccccc3)cc2)o1. The van der Waals surface area contributed by atoms with Crippen LogP contribution in [0.5, 0.6) is 0 Å². The fourth-order valence-corrected chi connectivity index (χ4v) is 3.82. The van der Waals surface area contributed by atoms with Crippen LogP contribution in [0.2, 0.25) is 0 Å². The second-order valence-electron chi connectivity index (χ2n) is 8.84. The highest BCUT2D eigenvalue weighted by molar-refractivity contribution is 5.94. The van der Waals surface area contributed by atoms with E-state index in [-0.39, 0.29) is 24.6 Å². The van der Waals surface area contributed by atoms with Crippen molar-refractivity contribution >= 4 is 11.9 Å². The number of hydrogen-bond acceptors (Lipinski definition) is 5. The van der Waals surface area contributed by atoms with Gasteiger partial charge in [-0.2, -0.15) is 0 Å². The lowest BCUT2D eigenvalue weighted by Gasteiger charge is -2.21. The number of nitrogens with one attached hydrogen (secondary N) is 1. The van der Waals surface area contributed by atoms with Gasteiger partial charge in [0.25, 0.3) is 5.91 Å². The molecule has 0 fully saturated rings. The monoisotopic (exact) mass is 469 g/mol. The van der Waals surface area contributed by atoms with Gasteiger partial charge in [0, 0.05) is 12.0 Å². The molecular formula is C28H27N3O4. The summed E-state index contributed by atoms with van der Waals surface area (Å²) in [5.41, 5.74) is 2.95. The van der Waals surface area contributed by atoms with Crippen molar-refractivity contribution in [2.75, 3.05) is 0 Å². The minimum atomic E-state index is -0.971. The summed E-state index contributed by atoms with van der Waals surface area (Å²) in [4.78, 5) is 24.2. The number of rotatable bonds is 9. The average molecular weight is 470 g/mol. The zero-order chi connectivity index (χ0) is 24.8. The molecule has 0 radical (unpaired) electrons. The normalized spacial score (nSPS) is 12.2. The van der Waals surface area contributed by atoms with Gasteiger partial charge in [-0.05, 0) is 49.1 Å².